The van der Waals surface area contributed by atoms with Gasteiger partial charge in [-0.25, -0.2) is 4.79 Å². The first-order valence-electron chi connectivity index (χ1n) is 7.29. The van der Waals surface area contributed by atoms with Crippen LogP contribution in [0.15, 0.2) is 54.6 Å². The number of esters is 1. The van der Waals surface area contributed by atoms with Crippen LogP contribution in [0, 0.1) is 0 Å². The zero-order valence-corrected chi connectivity index (χ0v) is 12.9. The number of ketones is 1. The molecule has 0 unspecified atom stereocenters. The van der Waals surface area contributed by atoms with E-state index in [0.717, 1.165) is 0 Å². The van der Waals surface area contributed by atoms with Gasteiger partial charge in [0, 0.05) is 5.56 Å². The van der Waals surface area contributed by atoms with Gasteiger partial charge in [-0.15, -0.1) is 0 Å². The number of carbonyl (C=O) groups is 2. The lowest BCUT2D eigenvalue weighted by Crippen LogP contribution is -2.19. The monoisotopic (exact) mass is 314 g/mol. The van der Waals surface area contributed by atoms with E-state index in [1.165, 1.54) is 0 Å². The molecule has 5 nitrogen and oxygen atoms in total. The van der Waals surface area contributed by atoms with Gasteiger partial charge in [0.1, 0.15) is 0 Å². The Morgan fingerprint density at radius 1 is 0.826 bits per heavy atom. The van der Waals surface area contributed by atoms with Gasteiger partial charge in [-0.2, -0.15) is 0 Å². The molecule has 0 saturated heterocycles. The molecule has 0 aliphatic carbocycles. The maximum absolute atomic E-state index is 11.8. The van der Waals surface area contributed by atoms with Crippen molar-refractivity contribution in [2.75, 3.05) is 19.8 Å². The molecule has 0 aliphatic rings. The summed E-state index contributed by atoms with van der Waals surface area (Å²) in [7, 11) is 0. The standard InChI is InChI=1S/C18H18O5/c1-2-21-16-10-6-7-11-17(16)22-13-18(20)23-12-15(19)14-8-4-3-5-9-14/h3-11H,2,12-13H2,1H3. The Labute approximate surface area is 134 Å². The summed E-state index contributed by atoms with van der Waals surface area (Å²) in [6.07, 6.45) is 0. The lowest BCUT2D eigenvalue weighted by molar-refractivity contribution is -0.144. The summed E-state index contributed by atoms with van der Waals surface area (Å²) in [5.41, 5.74) is 0.503. The zero-order chi connectivity index (χ0) is 16.5. The first kappa shape index (κ1) is 16.5. The van der Waals surface area contributed by atoms with E-state index < -0.39 is 5.97 Å². The fraction of sp³-hybridized carbons (Fsp3) is 0.222. The zero-order valence-electron chi connectivity index (χ0n) is 12.9. The molecule has 2 aromatic carbocycles. The quantitative estimate of drug-likeness (QED) is 0.554. The molecule has 0 radical (unpaired) electrons. The molecule has 2 aromatic rings. The van der Waals surface area contributed by atoms with Crippen molar-refractivity contribution in [3.05, 3.63) is 60.2 Å². The molecule has 120 valence electrons. The van der Waals surface area contributed by atoms with E-state index in [-0.39, 0.29) is 19.0 Å². The summed E-state index contributed by atoms with van der Waals surface area (Å²) in [6, 6.07) is 15.7. The fourth-order valence-corrected chi connectivity index (χ4v) is 1.88. The maximum Gasteiger partial charge on any atom is 0.344 e. The number of rotatable bonds is 8. The minimum Gasteiger partial charge on any atom is -0.490 e. The van der Waals surface area contributed by atoms with Crippen LogP contribution in [-0.4, -0.2) is 31.6 Å². The molecule has 23 heavy (non-hydrogen) atoms. The van der Waals surface area contributed by atoms with Gasteiger partial charge in [0.05, 0.1) is 6.61 Å². The number of hydrogen-bond acceptors (Lipinski definition) is 5. The third kappa shape index (κ3) is 5.14. The fourth-order valence-electron chi connectivity index (χ4n) is 1.88. The highest BCUT2D eigenvalue weighted by molar-refractivity contribution is 5.97. The van der Waals surface area contributed by atoms with Gasteiger partial charge in [0.2, 0.25) is 0 Å². The molecular weight excluding hydrogens is 296 g/mol. The van der Waals surface area contributed by atoms with Crippen LogP contribution in [0.5, 0.6) is 11.5 Å². The van der Waals surface area contributed by atoms with Crippen LogP contribution in [0.2, 0.25) is 0 Å². The van der Waals surface area contributed by atoms with Gasteiger partial charge in [-0.05, 0) is 19.1 Å². The topological polar surface area (TPSA) is 61.8 Å². The van der Waals surface area contributed by atoms with Crippen molar-refractivity contribution in [2.45, 2.75) is 6.92 Å². The first-order chi connectivity index (χ1) is 11.2. The van der Waals surface area contributed by atoms with Crippen LogP contribution in [0.1, 0.15) is 17.3 Å². The third-order valence-electron chi connectivity index (χ3n) is 2.95. The van der Waals surface area contributed by atoms with Crippen LogP contribution in [0.4, 0.5) is 0 Å². The van der Waals surface area contributed by atoms with E-state index in [1.54, 1.807) is 42.5 Å². The summed E-state index contributed by atoms with van der Waals surface area (Å²) >= 11 is 0. The van der Waals surface area contributed by atoms with Crippen LogP contribution in [0.25, 0.3) is 0 Å². The molecule has 2 rings (SSSR count). The summed E-state index contributed by atoms with van der Waals surface area (Å²) in [4.78, 5) is 23.5. The number of ether oxygens (including phenoxy) is 3. The Morgan fingerprint density at radius 2 is 1.43 bits per heavy atom. The van der Waals surface area contributed by atoms with Crippen LogP contribution in [-0.2, 0) is 9.53 Å². The molecule has 0 aliphatic heterocycles. The molecule has 0 spiro atoms. The highest BCUT2D eigenvalue weighted by Crippen LogP contribution is 2.26. The highest BCUT2D eigenvalue weighted by atomic mass is 16.6. The Bertz CT molecular complexity index is 651. The predicted octanol–water partition coefficient (Wildman–Crippen LogP) is 2.89. The Kier molecular flexibility index (Phi) is 6.17. The second-order valence-electron chi connectivity index (χ2n) is 4.62. The lowest BCUT2D eigenvalue weighted by atomic mass is 10.1. The third-order valence-corrected chi connectivity index (χ3v) is 2.95. The van der Waals surface area contributed by atoms with E-state index in [1.807, 2.05) is 19.1 Å². The number of hydrogen-bond donors (Lipinski definition) is 0. The van der Waals surface area contributed by atoms with Crippen LogP contribution in [0.3, 0.4) is 0 Å². The molecule has 0 bridgehead atoms. The van der Waals surface area contributed by atoms with E-state index >= 15 is 0 Å². The summed E-state index contributed by atoms with van der Waals surface area (Å²) in [5.74, 6) is 0.151. The van der Waals surface area contributed by atoms with Crippen LogP contribution < -0.4 is 9.47 Å². The minimum absolute atomic E-state index is 0.256. The minimum atomic E-state index is -0.611. The summed E-state index contributed by atoms with van der Waals surface area (Å²) in [6.45, 7) is 1.77. The van der Waals surface area contributed by atoms with Crippen molar-refractivity contribution in [3.63, 3.8) is 0 Å². The molecule has 0 amide bonds. The van der Waals surface area contributed by atoms with Crippen molar-refractivity contribution >= 4 is 11.8 Å². The van der Waals surface area contributed by atoms with Gasteiger partial charge in [-0.1, -0.05) is 42.5 Å². The Morgan fingerprint density at radius 3 is 2.09 bits per heavy atom. The van der Waals surface area contributed by atoms with Crippen molar-refractivity contribution in [3.8, 4) is 11.5 Å². The van der Waals surface area contributed by atoms with E-state index in [2.05, 4.69) is 0 Å². The van der Waals surface area contributed by atoms with Crippen molar-refractivity contribution in [1.82, 2.24) is 0 Å². The molecule has 0 aromatic heterocycles. The van der Waals surface area contributed by atoms with Gasteiger partial charge in [0.15, 0.2) is 30.5 Å². The summed E-state index contributed by atoms with van der Waals surface area (Å²) in [5, 5.41) is 0. The number of carbonyl (C=O) groups excluding carboxylic acids is 2. The average molecular weight is 314 g/mol. The smallest absolute Gasteiger partial charge is 0.344 e. The molecule has 0 saturated carbocycles. The van der Waals surface area contributed by atoms with Gasteiger partial charge < -0.3 is 14.2 Å². The Hall–Kier alpha value is -2.82. The maximum atomic E-state index is 11.8. The number of Topliss-reactive ketones (excluding diaryl/α,β-unsaturated/α-hetero) is 1. The Balaban J connectivity index is 1.81. The van der Waals surface area contributed by atoms with E-state index in [4.69, 9.17) is 14.2 Å². The second kappa shape index (κ2) is 8.58. The van der Waals surface area contributed by atoms with Crippen molar-refractivity contribution in [2.24, 2.45) is 0 Å². The molecule has 0 atom stereocenters. The van der Waals surface area contributed by atoms with E-state index in [9.17, 15) is 9.59 Å². The van der Waals surface area contributed by atoms with Crippen LogP contribution >= 0.6 is 0 Å². The second-order valence-corrected chi connectivity index (χ2v) is 4.62. The molecule has 0 fully saturated rings. The van der Waals surface area contributed by atoms with Crippen molar-refractivity contribution in [1.29, 1.82) is 0 Å². The lowest BCUT2D eigenvalue weighted by Gasteiger charge is -2.11. The highest BCUT2D eigenvalue weighted by Gasteiger charge is 2.11. The molecule has 5 heteroatoms. The normalized spacial score (nSPS) is 9.96. The van der Waals surface area contributed by atoms with Gasteiger partial charge in [-0.3, -0.25) is 4.79 Å². The molecular formula is C18H18O5. The number of benzene rings is 2. The van der Waals surface area contributed by atoms with Gasteiger partial charge in [0.25, 0.3) is 0 Å². The van der Waals surface area contributed by atoms with Crippen molar-refractivity contribution < 1.29 is 23.8 Å². The average Bonchev–Trinajstić information content (AvgIpc) is 2.60. The van der Waals surface area contributed by atoms with E-state index in [0.29, 0.717) is 23.7 Å². The predicted molar refractivity (Wildman–Crippen MR) is 84.8 cm³/mol. The summed E-state index contributed by atoms with van der Waals surface area (Å²) < 4.78 is 15.7. The number of para-hydroxylation sites is 2. The van der Waals surface area contributed by atoms with Gasteiger partial charge >= 0.3 is 5.97 Å². The SMILES string of the molecule is CCOc1ccccc1OCC(=O)OCC(=O)c1ccccc1. The molecule has 0 N–H and O–H groups in total. The molecule has 0 heterocycles. The largest absolute Gasteiger partial charge is 0.490 e. The first-order valence-corrected chi connectivity index (χ1v) is 7.29.